The molecule has 2 N–H and O–H groups in total. The number of ether oxygens (including phenoxy) is 2. The summed E-state index contributed by atoms with van der Waals surface area (Å²) in [7, 11) is 0. The maximum Gasteiger partial charge on any atom is 0.338 e. The standard InChI is InChI=1S/C16H13N3O4/c1-2-12-18-14(8-3-4-10-11(5-8)23-7-22-10)13-9(16(20)21)6-17-15(13)19-12/h3-6H,2,7H2,1H3,(H,20,21)(H,17,18,19). The number of aromatic carboxylic acids is 1. The molecule has 7 nitrogen and oxygen atoms in total. The molecule has 3 heterocycles. The van der Waals surface area contributed by atoms with Gasteiger partial charge < -0.3 is 19.6 Å². The average Bonchev–Trinajstić information content (AvgIpc) is 3.19. The number of aromatic amines is 1. The highest BCUT2D eigenvalue weighted by Gasteiger charge is 2.21. The van der Waals surface area contributed by atoms with Crippen LogP contribution in [0.15, 0.2) is 24.4 Å². The van der Waals surface area contributed by atoms with Crippen molar-refractivity contribution in [3.05, 3.63) is 35.8 Å². The van der Waals surface area contributed by atoms with E-state index in [0.29, 0.717) is 40.5 Å². The highest BCUT2D eigenvalue weighted by molar-refractivity contribution is 6.07. The van der Waals surface area contributed by atoms with Gasteiger partial charge in [0.15, 0.2) is 11.5 Å². The molecule has 4 rings (SSSR count). The van der Waals surface area contributed by atoms with E-state index in [1.54, 1.807) is 6.07 Å². The molecule has 0 unspecified atom stereocenters. The minimum atomic E-state index is -1.02. The fraction of sp³-hybridized carbons (Fsp3) is 0.188. The molecule has 1 aliphatic rings. The molecular weight excluding hydrogens is 298 g/mol. The van der Waals surface area contributed by atoms with Crippen LogP contribution in [-0.4, -0.2) is 32.8 Å². The Kier molecular flexibility index (Phi) is 2.94. The van der Waals surface area contributed by atoms with Gasteiger partial charge in [-0.05, 0) is 18.2 Å². The van der Waals surface area contributed by atoms with E-state index in [-0.39, 0.29) is 12.4 Å². The zero-order valence-electron chi connectivity index (χ0n) is 12.3. The molecule has 0 atom stereocenters. The lowest BCUT2D eigenvalue weighted by Gasteiger charge is -2.07. The van der Waals surface area contributed by atoms with Crippen molar-refractivity contribution in [1.29, 1.82) is 0 Å². The molecule has 0 fully saturated rings. The molecule has 0 aliphatic carbocycles. The molecule has 0 amide bonds. The molecule has 23 heavy (non-hydrogen) atoms. The van der Waals surface area contributed by atoms with Crippen LogP contribution in [0.5, 0.6) is 11.5 Å². The number of H-pyrrole nitrogens is 1. The van der Waals surface area contributed by atoms with E-state index < -0.39 is 5.97 Å². The van der Waals surface area contributed by atoms with Crippen molar-refractivity contribution in [3.8, 4) is 22.8 Å². The van der Waals surface area contributed by atoms with Crippen LogP contribution in [0, 0.1) is 0 Å². The van der Waals surface area contributed by atoms with Crippen molar-refractivity contribution >= 4 is 17.0 Å². The zero-order chi connectivity index (χ0) is 16.0. The second kappa shape index (κ2) is 4.98. The molecule has 0 saturated carbocycles. The Hall–Kier alpha value is -3.09. The first-order valence-electron chi connectivity index (χ1n) is 7.18. The summed E-state index contributed by atoms with van der Waals surface area (Å²) in [5.74, 6) is 0.914. The van der Waals surface area contributed by atoms with Crippen LogP contribution < -0.4 is 9.47 Å². The van der Waals surface area contributed by atoms with Gasteiger partial charge in [-0.2, -0.15) is 0 Å². The molecular formula is C16H13N3O4. The van der Waals surface area contributed by atoms with Gasteiger partial charge in [-0.3, -0.25) is 0 Å². The van der Waals surface area contributed by atoms with Crippen LogP contribution in [0.1, 0.15) is 23.1 Å². The number of nitrogens with one attached hydrogen (secondary N) is 1. The summed E-state index contributed by atoms with van der Waals surface area (Å²) in [6.07, 6.45) is 2.09. The van der Waals surface area contributed by atoms with Gasteiger partial charge >= 0.3 is 5.97 Å². The van der Waals surface area contributed by atoms with Crippen molar-refractivity contribution in [2.24, 2.45) is 0 Å². The van der Waals surface area contributed by atoms with Crippen LogP contribution in [0.3, 0.4) is 0 Å². The second-order valence-corrected chi connectivity index (χ2v) is 5.14. The Labute approximate surface area is 130 Å². The van der Waals surface area contributed by atoms with Crippen LogP contribution in [0.25, 0.3) is 22.3 Å². The first-order valence-corrected chi connectivity index (χ1v) is 7.18. The summed E-state index contributed by atoms with van der Waals surface area (Å²) in [6, 6.07) is 5.44. The molecule has 1 aromatic carbocycles. The smallest absolute Gasteiger partial charge is 0.338 e. The molecule has 0 radical (unpaired) electrons. The van der Waals surface area contributed by atoms with E-state index in [4.69, 9.17) is 9.47 Å². The number of hydrogen-bond donors (Lipinski definition) is 2. The van der Waals surface area contributed by atoms with Gasteiger partial charge in [0.1, 0.15) is 11.5 Å². The SMILES string of the molecule is CCc1nc(-c2ccc3c(c2)OCO3)c2c(C(=O)O)c[nH]c2n1. The van der Waals surface area contributed by atoms with E-state index in [0.717, 1.165) is 5.56 Å². The van der Waals surface area contributed by atoms with Crippen molar-refractivity contribution in [3.63, 3.8) is 0 Å². The number of rotatable bonds is 3. The number of nitrogens with zero attached hydrogens (tertiary/aromatic N) is 2. The summed E-state index contributed by atoms with van der Waals surface area (Å²) in [5, 5.41) is 9.90. The fourth-order valence-corrected chi connectivity index (χ4v) is 2.66. The summed E-state index contributed by atoms with van der Waals surface area (Å²) in [5.41, 5.74) is 2.00. The highest BCUT2D eigenvalue weighted by Crippen LogP contribution is 2.37. The first kappa shape index (κ1) is 13.6. The first-order chi connectivity index (χ1) is 11.2. The molecule has 0 bridgehead atoms. The number of hydrogen-bond acceptors (Lipinski definition) is 5. The number of carbonyl (C=O) groups is 1. The quantitative estimate of drug-likeness (QED) is 0.771. The third kappa shape index (κ3) is 2.09. The summed E-state index contributed by atoms with van der Waals surface area (Å²) in [6.45, 7) is 2.13. The number of carboxylic acid groups (broad SMARTS) is 1. The average molecular weight is 311 g/mol. The molecule has 1 aliphatic heterocycles. The molecule has 2 aromatic heterocycles. The van der Waals surface area contributed by atoms with Gasteiger partial charge in [-0.1, -0.05) is 6.92 Å². The Morgan fingerprint density at radius 2 is 2.13 bits per heavy atom. The normalized spacial score (nSPS) is 12.7. The third-order valence-electron chi connectivity index (χ3n) is 3.77. The summed E-state index contributed by atoms with van der Waals surface area (Å²) in [4.78, 5) is 23.3. The summed E-state index contributed by atoms with van der Waals surface area (Å²) < 4.78 is 10.7. The lowest BCUT2D eigenvalue weighted by Crippen LogP contribution is -2.00. The van der Waals surface area contributed by atoms with E-state index in [1.165, 1.54) is 6.20 Å². The van der Waals surface area contributed by atoms with Gasteiger partial charge in [0.25, 0.3) is 0 Å². The topological polar surface area (TPSA) is 97.3 Å². The fourth-order valence-electron chi connectivity index (χ4n) is 2.66. The predicted molar refractivity (Wildman–Crippen MR) is 81.8 cm³/mol. The zero-order valence-corrected chi connectivity index (χ0v) is 12.3. The van der Waals surface area contributed by atoms with Gasteiger partial charge in [-0.25, -0.2) is 14.8 Å². The van der Waals surface area contributed by atoms with E-state index in [9.17, 15) is 9.90 Å². The third-order valence-corrected chi connectivity index (χ3v) is 3.77. The van der Waals surface area contributed by atoms with Crippen LogP contribution in [-0.2, 0) is 6.42 Å². The number of aryl methyl sites for hydroxylation is 1. The minimum absolute atomic E-state index is 0.148. The van der Waals surface area contributed by atoms with E-state index in [1.807, 2.05) is 19.1 Å². The number of fused-ring (bicyclic) bond motifs is 2. The van der Waals surface area contributed by atoms with E-state index in [2.05, 4.69) is 15.0 Å². The minimum Gasteiger partial charge on any atom is -0.478 e. The van der Waals surface area contributed by atoms with Crippen LogP contribution in [0.2, 0.25) is 0 Å². The number of benzene rings is 1. The monoisotopic (exact) mass is 311 g/mol. The largest absolute Gasteiger partial charge is 0.478 e. The second-order valence-electron chi connectivity index (χ2n) is 5.14. The lowest BCUT2D eigenvalue weighted by atomic mass is 10.1. The predicted octanol–water partition coefficient (Wildman–Crippen LogP) is 2.61. The maximum absolute atomic E-state index is 11.5. The Bertz CT molecular complexity index is 932. The molecule has 7 heteroatoms. The van der Waals surface area contributed by atoms with Crippen molar-refractivity contribution in [2.75, 3.05) is 6.79 Å². The number of aromatic nitrogens is 3. The molecule has 3 aromatic rings. The van der Waals surface area contributed by atoms with Crippen molar-refractivity contribution < 1.29 is 19.4 Å². The van der Waals surface area contributed by atoms with Crippen molar-refractivity contribution in [2.45, 2.75) is 13.3 Å². The van der Waals surface area contributed by atoms with Crippen LogP contribution >= 0.6 is 0 Å². The molecule has 0 spiro atoms. The number of carboxylic acids is 1. The van der Waals surface area contributed by atoms with E-state index >= 15 is 0 Å². The Morgan fingerprint density at radius 1 is 1.30 bits per heavy atom. The Morgan fingerprint density at radius 3 is 2.91 bits per heavy atom. The Balaban J connectivity index is 2.00. The lowest BCUT2D eigenvalue weighted by molar-refractivity contribution is 0.0699. The van der Waals surface area contributed by atoms with Crippen molar-refractivity contribution in [1.82, 2.24) is 15.0 Å². The van der Waals surface area contributed by atoms with Gasteiger partial charge in [0.05, 0.1) is 16.6 Å². The van der Waals surface area contributed by atoms with Gasteiger partial charge in [0, 0.05) is 18.2 Å². The van der Waals surface area contributed by atoms with Gasteiger partial charge in [-0.15, -0.1) is 0 Å². The molecule has 116 valence electrons. The van der Waals surface area contributed by atoms with Crippen LogP contribution in [0.4, 0.5) is 0 Å². The highest BCUT2D eigenvalue weighted by atomic mass is 16.7. The maximum atomic E-state index is 11.5. The van der Waals surface area contributed by atoms with Gasteiger partial charge in [0.2, 0.25) is 6.79 Å². The molecule has 0 saturated heterocycles. The summed E-state index contributed by atoms with van der Waals surface area (Å²) >= 11 is 0.